The molecule has 3 rings (SSSR count). The standard InChI is InChI=1S/C14H10BrN3O/c15-10-7-13(14(16)18-8-10)19-11-3-4-12-9(6-11)2-1-5-17-12/h1-8H,(H2,16,18). The van der Waals surface area contributed by atoms with Crippen LogP contribution < -0.4 is 10.5 Å². The number of benzene rings is 1. The van der Waals surface area contributed by atoms with Crippen LogP contribution >= 0.6 is 15.9 Å². The van der Waals surface area contributed by atoms with Gasteiger partial charge in [-0.3, -0.25) is 4.98 Å². The Hall–Kier alpha value is -2.14. The molecule has 5 heteroatoms. The summed E-state index contributed by atoms with van der Waals surface area (Å²) < 4.78 is 6.57. The maximum atomic E-state index is 5.78. The number of pyridine rings is 2. The molecule has 0 atom stereocenters. The van der Waals surface area contributed by atoms with E-state index in [-0.39, 0.29) is 0 Å². The van der Waals surface area contributed by atoms with Crippen LogP contribution in [0.15, 0.2) is 53.3 Å². The van der Waals surface area contributed by atoms with Crippen molar-refractivity contribution in [3.05, 3.63) is 53.3 Å². The van der Waals surface area contributed by atoms with Gasteiger partial charge in [-0.15, -0.1) is 0 Å². The van der Waals surface area contributed by atoms with Crippen LogP contribution in [0.5, 0.6) is 11.5 Å². The summed E-state index contributed by atoms with van der Waals surface area (Å²) in [5.41, 5.74) is 6.71. The second-order valence-electron chi connectivity index (χ2n) is 4.00. The Morgan fingerprint density at radius 1 is 1.11 bits per heavy atom. The van der Waals surface area contributed by atoms with Crippen molar-refractivity contribution >= 4 is 32.7 Å². The summed E-state index contributed by atoms with van der Waals surface area (Å²) in [5.74, 6) is 1.58. The van der Waals surface area contributed by atoms with E-state index < -0.39 is 0 Å². The van der Waals surface area contributed by atoms with Gasteiger partial charge < -0.3 is 10.5 Å². The van der Waals surface area contributed by atoms with Crippen LogP contribution in [0.1, 0.15) is 0 Å². The van der Waals surface area contributed by atoms with E-state index in [0.29, 0.717) is 17.3 Å². The molecule has 94 valence electrons. The van der Waals surface area contributed by atoms with Gasteiger partial charge in [-0.2, -0.15) is 0 Å². The molecule has 1 aromatic carbocycles. The highest BCUT2D eigenvalue weighted by Crippen LogP contribution is 2.29. The van der Waals surface area contributed by atoms with Crippen molar-refractivity contribution in [3.8, 4) is 11.5 Å². The number of fused-ring (bicyclic) bond motifs is 1. The van der Waals surface area contributed by atoms with Gasteiger partial charge in [0.1, 0.15) is 5.75 Å². The molecule has 0 unspecified atom stereocenters. The number of hydrogen-bond donors (Lipinski definition) is 1. The monoisotopic (exact) mass is 315 g/mol. The summed E-state index contributed by atoms with van der Waals surface area (Å²) in [6.07, 6.45) is 3.39. The molecule has 0 saturated heterocycles. The zero-order chi connectivity index (χ0) is 13.2. The molecule has 3 aromatic rings. The Balaban J connectivity index is 1.98. The molecule has 0 aliphatic carbocycles. The fourth-order valence-corrected chi connectivity index (χ4v) is 2.07. The van der Waals surface area contributed by atoms with E-state index in [9.17, 15) is 0 Å². The lowest BCUT2D eigenvalue weighted by molar-refractivity contribution is 0.483. The first-order chi connectivity index (χ1) is 9.22. The van der Waals surface area contributed by atoms with Crippen molar-refractivity contribution in [2.24, 2.45) is 0 Å². The SMILES string of the molecule is Nc1ncc(Br)cc1Oc1ccc2ncccc2c1. The predicted octanol–water partition coefficient (Wildman–Crippen LogP) is 3.77. The molecule has 0 aliphatic heterocycles. The summed E-state index contributed by atoms with van der Waals surface area (Å²) >= 11 is 3.34. The largest absolute Gasteiger partial charge is 0.453 e. The fourth-order valence-electron chi connectivity index (χ4n) is 1.76. The molecule has 0 radical (unpaired) electrons. The average molecular weight is 316 g/mol. The lowest BCUT2D eigenvalue weighted by atomic mass is 10.2. The number of hydrogen-bond acceptors (Lipinski definition) is 4. The van der Waals surface area contributed by atoms with Gasteiger partial charge in [0.25, 0.3) is 0 Å². The van der Waals surface area contributed by atoms with Gasteiger partial charge in [0.15, 0.2) is 11.6 Å². The molecular formula is C14H10BrN3O. The summed E-state index contributed by atoms with van der Waals surface area (Å²) in [7, 11) is 0. The van der Waals surface area contributed by atoms with Crippen LogP contribution in [0.3, 0.4) is 0 Å². The molecule has 2 aromatic heterocycles. The second kappa shape index (κ2) is 4.85. The smallest absolute Gasteiger partial charge is 0.170 e. The Morgan fingerprint density at radius 3 is 2.89 bits per heavy atom. The number of aromatic nitrogens is 2. The maximum absolute atomic E-state index is 5.78. The van der Waals surface area contributed by atoms with E-state index in [1.807, 2.05) is 30.3 Å². The minimum Gasteiger partial charge on any atom is -0.453 e. The van der Waals surface area contributed by atoms with Gasteiger partial charge >= 0.3 is 0 Å². The van der Waals surface area contributed by atoms with Crippen molar-refractivity contribution in [1.82, 2.24) is 9.97 Å². The third-order valence-electron chi connectivity index (χ3n) is 2.65. The van der Waals surface area contributed by atoms with Crippen LogP contribution in [0, 0.1) is 0 Å². The van der Waals surface area contributed by atoms with Crippen LogP contribution in [-0.2, 0) is 0 Å². The summed E-state index contributed by atoms with van der Waals surface area (Å²) in [5, 5.41) is 1.02. The Morgan fingerprint density at radius 2 is 2.00 bits per heavy atom. The highest BCUT2D eigenvalue weighted by molar-refractivity contribution is 9.10. The summed E-state index contributed by atoms with van der Waals surface area (Å²) in [6, 6.07) is 11.3. The molecule has 19 heavy (non-hydrogen) atoms. The number of nitrogens with zero attached hydrogens (tertiary/aromatic N) is 2. The van der Waals surface area contributed by atoms with Crippen LogP contribution in [0.2, 0.25) is 0 Å². The second-order valence-corrected chi connectivity index (χ2v) is 4.91. The Kier molecular flexibility index (Phi) is 3.05. The van der Waals surface area contributed by atoms with E-state index in [1.165, 1.54) is 0 Å². The third kappa shape index (κ3) is 2.51. The highest BCUT2D eigenvalue weighted by atomic mass is 79.9. The quantitative estimate of drug-likeness (QED) is 0.782. The summed E-state index contributed by atoms with van der Waals surface area (Å²) in [6.45, 7) is 0. The first kappa shape index (κ1) is 11.9. The minimum atomic E-state index is 0.356. The van der Waals surface area contributed by atoms with Gasteiger partial charge in [0, 0.05) is 28.3 Å². The molecule has 0 saturated carbocycles. The molecule has 0 bridgehead atoms. The van der Waals surface area contributed by atoms with Crippen molar-refractivity contribution < 1.29 is 4.74 Å². The van der Waals surface area contributed by atoms with Crippen molar-refractivity contribution in [3.63, 3.8) is 0 Å². The minimum absolute atomic E-state index is 0.356. The molecule has 4 nitrogen and oxygen atoms in total. The number of nitrogen functional groups attached to an aromatic ring is 1. The molecule has 0 spiro atoms. The zero-order valence-corrected chi connectivity index (χ0v) is 11.5. The molecule has 0 fully saturated rings. The molecule has 2 heterocycles. The van der Waals surface area contributed by atoms with E-state index in [4.69, 9.17) is 10.5 Å². The van der Waals surface area contributed by atoms with Gasteiger partial charge in [-0.1, -0.05) is 6.07 Å². The Bertz CT molecular complexity index is 746. The number of nitrogens with two attached hydrogens (primary N) is 1. The Labute approximate surface area is 118 Å². The van der Waals surface area contributed by atoms with Gasteiger partial charge in [0.05, 0.1) is 5.52 Å². The van der Waals surface area contributed by atoms with Crippen molar-refractivity contribution in [1.29, 1.82) is 0 Å². The fraction of sp³-hybridized carbons (Fsp3) is 0. The van der Waals surface area contributed by atoms with E-state index in [0.717, 1.165) is 15.4 Å². The normalized spacial score (nSPS) is 10.6. The predicted molar refractivity (Wildman–Crippen MR) is 78.2 cm³/mol. The van der Waals surface area contributed by atoms with Gasteiger partial charge in [-0.25, -0.2) is 4.98 Å². The number of halogens is 1. The maximum Gasteiger partial charge on any atom is 0.170 e. The van der Waals surface area contributed by atoms with E-state index in [2.05, 4.69) is 25.9 Å². The molecule has 0 aliphatic rings. The highest BCUT2D eigenvalue weighted by Gasteiger charge is 2.05. The lowest BCUT2D eigenvalue weighted by Gasteiger charge is -2.08. The topological polar surface area (TPSA) is 61.0 Å². The molecule has 0 amide bonds. The van der Waals surface area contributed by atoms with Crippen molar-refractivity contribution in [2.45, 2.75) is 0 Å². The molecule has 2 N–H and O–H groups in total. The van der Waals surface area contributed by atoms with Gasteiger partial charge in [0.2, 0.25) is 0 Å². The van der Waals surface area contributed by atoms with Crippen LogP contribution in [-0.4, -0.2) is 9.97 Å². The molecular weight excluding hydrogens is 306 g/mol. The number of anilines is 1. The van der Waals surface area contributed by atoms with Crippen molar-refractivity contribution in [2.75, 3.05) is 5.73 Å². The number of rotatable bonds is 2. The van der Waals surface area contributed by atoms with E-state index in [1.54, 1.807) is 18.5 Å². The average Bonchev–Trinajstić information content (AvgIpc) is 2.43. The lowest BCUT2D eigenvalue weighted by Crippen LogP contribution is -1.95. The van der Waals surface area contributed by atoms with Gasteiger partial charge in [-0.05, 0) is 40.2 Å². The zero-order valence-electron chi connectivity index (χ0n) is 9.88. The first-order valence-corrected chi connectivity index (χ1v) is 6.45. The summed E-state index contributed by atoms with van der Waals surface area (Å²) in [4.78, 5) is 8.29. The van der Waals surface area contributed by atoms with Crippen LogP contribution in [0.25, 0.3) is 10.9 Å². The van der Waals surface area contributed by atoms with Crippen LogP contribution in [0.4, 0.5) is 5.82 Å². The van der Waals surface area contributed by atoms with E-state index >= 15 is 0 Å². The number of ether oxygens (including phenoxy) is 1. The third-order valence-corrected chi connectivity index (χ3v) is 3.08. The first-order valence-electron chi connectivity index (χ1n) is 5.66.